The van der Waals surface area contributed by atoms with Crippen LogP contribution in [0.1, 0.15) is 43.0 Å². The summed E-state index contributed by atoms with van der Waals surface area (Å²) in [5.41, 5.74) is 6.53. The van der Waals surface area contributed by atoms with Crippen LogP contribution in [0.15, 0.2) is 12.3 Å². The van der Waals surface area contributed by atoms with Crippen molar-refractivity contribution >= 4 is 17.5 Å². The lowest BCUT2D eigenvalue weighted by Crippen LogP contribution is -2.34. The molecule has 2 N–H and O–H groups in total. The number of nitrogens with zero attached hydrogens (tertiary/aromatic N) is 2. The fourth-order valence-corrected chi connectivity index (χ4v) is 2.77. The predicted molar refractivity (Wildman–Crippen MR) is 79.8 cm³/mol. The van der Waals surface area contributed by atoms with Gasteiger partial charge in [0.15, 0.2) is 0 Å². The van der Waals surface area contributed by atoms with Gasteiger partial charge in [-0.3, -0.25) is 0 Å². The molecule has 0 atom stereocenters. The molecule has 0 bridgehead atoms. The summed E-state index contributed by atoms with van der Waals surface area (Å²) in [5, 5.41) is 0. The van der Waals surface area contributed by atoms with E-state index in [0.29, 0.717) is 11.3 Å². The van der Waals surface area contributed by atoms with Crippen LogP contribution in [0.3, 0.4) is 0 Å². The van der Waals surface area contributed by atoms with Crippen LogP contribution in [-0.4, -0.2) is 31.2 Å². The summed E-state index contributed by atoms with van der Waals surface area (Å²) in [4.78, 5) is 18.2. The molecule has 2 rings (SSSR count). The van der Waals surface area contributed by atoms with Crippen LogP contribution < -0.4 is 10.6 Å². The number of hydrogen-bond acceptors (Lipinski definition) is 5. The molecule has 20 heavy (non-hydrogen) atoms. The quantitative estimate of drug-likeness (QED) is 0.856. The molecule has 0 saturated carbocycles. The van der Waals surface area contributed by atoms with Gasteiger partial charge in [-0.2, -0.15) is 0 Å². The fourth-order valence-electron chi connectivity index (χ4n) is 2.77. The molecule has 5 nitrogen and oxygen atoms in total. The lowest BCUT2D eigenvalue weighted by molar-refractivity contribution is 0.0602. The Balaban J connectivity index is 2.08. The number of nitrogen functional groups attached to an aromatic ring is 1. The number of carbonyl (C=O) groups is 1. The van der Waals surface area contributed by atoms with E-state index in [0.717, 1.165) is 24.8 Å². The first-order chi connectivity index (χ1) is 9.65. The van der Waals surface area contributed by atoms with Gasteiger partial charge >= 0.3 is 5.97 Å². The largest absolute Gasteiger partial charge is 0.465 e. The Hall–Kier alpha value is -1.78. The van der Waals surface area contributed by atoms with Crippen molar-refractivity contribution in [3.05, 3.63) is 17.8 Å². The van der Waals surface area contributed by atoms with Crippen LogP contribution in [0.4, 0.5) is 11.5 Å². The fraction of sp³-hybridized carbons (Fsp3) is 0.600. The Labute approximate surface area is 120 Å². The van der Waals surface area contributed by atoms with Crippen molar-refractivity contribution in [1.29, 1.82) is 0 Å². The lowest BCUT2D eigenvalue weighted by Gasteiger charge is -2.32. The van der Waals surface area contributed by atoms with E-state index in [1.54, 1.807) is 12.3 Å². The number of methoxy groups -OCH3 is 1. The topological polar surface area (TPSA) is 68.5 Å². The van der Waals surface area contributed by atoms with Crippen molar-refractivity contribution in [3.63, 3.8) is 0 Å². The summed E-state index contributed by atoms with van der Waals surface area (Å²) in [6, 6.07) is 1.74. The SMILES string of the molecule is CCCC1CCN(c2cc(C(=O)OC)c(N)cn2)CC1. The molecule has 110 valence electrons. The number of carbonyl (C=O) groups excluding carboxylic acids is 1. The zero-order valence-corrected chi connectivity index (χ0v) is 12.3. The van der Waals surface area contributed by atoms with Crippen molar-refractivity contribution in [1.82, 2.24) is 4.98 Å². The molecule has 2 heterocycles. The molecule has 5 heteroatoms. The average Bonchev–Trinajstić information content (AvgIpc) is 2.48. The van der Waals surface area contributed by atoms with Gasteiger partial charge in [-0.25, -0.2) is 9.78 Å². The molecule has 0 unspecified atom stereocenters. The summed E-state index contributed by atoms with van der Waals surface area (Å²) in [6.45, 7) is 4.21. The molecular weight excluding hydrogens is 254 g/mol. The molecule has 0 amide bonds. The Kier molecular flexibility index (Phi) is 4.82. The highest BCUT2D eigenvalue weighted by Gasteiger charge is 2.21. The summed E-state index contributed by atoms with van der Waals surface area (Å²) in [7, 11) is 1.36. The number of ether oxygens (including phenoxy) is 1. The Morgan fingerprint density at radius 2 is 2.20 bits per heavy atom. The second kappa shape index (κ2) is 6.59. The molecule has 1 aromatic heterocycles. The number of aromatic nitrogens is 1. The molecule has 1 saturated heterocycles. The first-order valence-corrected chi connectivity index (χ1v) is 7.24. The summed E-state index contributed by atoms with van der Waals surface area (Å²) in [6.07, 6.45) is 6.47. The maximum Gasteiger partial charge on any atom is 0.340 e. The minimum atomic E-state index is -0.410. The van der Waals surface area contributed by atoms with Crippen LogP contribution in [0.25, 0.3) is 0 Å². The van der Waals surface area contributed by atoms with Crippen LogP contribution in [-0.2, 0) is 4.74 Å². The highest BCUT2D eigenvalue weighted by atomic mass is 16.5. The number of pyridine rings is 1. The minimum Gasteiger partial charge on any atom is -0.465 e. The van der Waals surface area contributed by atoms with E-state index in [4.69, 9.17) is 10.5 Å². The van der Waals surface area contributed by atoms with Crippen molar-refractivity contribution in [2.24, 2.45) is 5.92 Å². The van der Waals surface area contributed by atoms with Gasteiger partial charge in [0.05, 0.1) is 24.6 Å². The molecule has 1 aliphatic rings. The lowest BCUT2D eigenvalue weighted by atomic mass is 9.92. The van der Waals surface area contributed by atoms with Crippen LogP contribution in [0.5, 0.6) is 0 Å². The third-order valence-corrected chi connectivity index (χ3v) is 3.96. The normalized spacial score (nSPS) is 16.2. The van der Waals surface area contributed by atoms with E-state index in [9.17, 15) is 4.79 Å². The number of anilines is 2. The van der Waals surface area contributed by atoms with E-state index in [1.165, 1.54) is 32.8 Å². The van der Waals surface area contributed by atoms with Gasteiger partial charge in [0, 0.05) is 13.1 Å². The van der Waals surface area contributed by atoms with E-state index < -0.39 is 5.97 Å². The van der Waals surface area contributed by atoms with Gasteiger partial charge in [0.1, 0.15) is 5.82 Å². The zero-order chi connectivity index (χ0) is 14.5. The maximum atomic E-state index is 11.7. The van der Waals surface area contributed by atoms with E-state index in [-0.39, 0.29) is 0 Å². The summed E-state index contributed by atoms with van der Waals surface area (Å²) in [5.74, 6) is 1.23. The molecule has 1 aromatic rings. The third-order valence-electron chi connectivity index (χ3n) is 3.96. The van der Waals surface area contributed by atoms with Crippen molar-refractivity contribution in [2.45, 2.75) is 32.6 Å². The second-order valence-corrected chi connectivity index (χ2v) is 5.34. The highest BCUT2D eigenvalue weighted by molar-refractivity contribution is 5.95. The number of hydrogen-bond donors (Lipinski definition) is 1. The first-order valence-electron chi connectivity index (χ1n) is 7.24. The van der Waals surface area contributed by atoms with Gasteiger partial charge < -0.3 is 15.4 Å². The third kappa shape index (κ3) is 3.21. The number of esters is 1. The summed E-state index contributed by atoms with van der Waals surface area (Å²) < 4.78 is 4.74. The van der Waals surface area contributed by atoms with Gasteiger partial charge in [0.2, 0.25) is 0 Å². The maximum absolute atomic E-state index is 11.7. The minimum absolute atomic E-state index is 0.362. The Morgan fingerprint density at radius 1 is 1.50 bits per heavy atom. The van der Waals surface area contributed by atoms with Gasteiger partial charge in [-0.15, -0.1) is 0 Å². The molecule has 0 aliphatic carbocycles. The molecule has 1 aliphatic heterocycles. The standard InChI is InChI=1S/C15H23N3O2/c1-3-4-11-5-7-18(8-6-11)14-9-12(15(19)20-2)13(16)10-17-14/h9-11H,3-8,16H2,1-2H3. The molecule has 0 radical (unpaired) electrons. The van der Waals surface area contributed by atoms with Crippen LogP contribution in [0, 0.1) is 5.92 Å². The molecular formula is C15H23N3O2. The summed E-state index contributed by atoms with van der Waals surface area (Å²) >= 11 is 0. The van der Waals surface area contributed by atoms with Gasteiger partial charge in [0.25, 0.3) is 0 Å². The number of rotatable bonds is 4. The van der Waals surface area contributed by atoms with Crippen molar-refractivity contribution in [2.75, 3.05) is 30.8 Å². The Morgan fingerprint density at radius 3 is 2.80 bits per heavy atom. The van der Waals surface area contributed by atoms with Gasteiger partial charge in [-0.05, 0) is 24.8 Å². The molecule has 1 fully saturated rings. The number of nitrogens with two attached hydrogens (primary N) is 1. The monoisotopic (exact) mass is 277 g/mol. The molecule has 0 aromatic carbocycles. The van der Waals surface area contributed by atoms with Crippen molar-refractivity contribution in [3.8, 4) is 0 Å². The highest BCUT2D eigenvalue weighted by Crippen LogP contribution is 2.26. The van der Waals surface area contributed by atoms with Gasteiger partial charge in [-0.1, -0.05) is 19.8 Å². The number of piperidine rings is 1. The smallest absolute Gasteiger partial charge is 0.340 e. The first kappa shape index (κ1) is 14.6. The van der Waals surface area contributed by atoms with E-state index >= 15 is 0 Å². The predicted octanol–water partition coefficient (Wildman–Crippen LogP) is 2.47. The van der Waals surface area contributed by atoms with Crippen LogP contribution in [0.2, 0.25) is 0 Å². The Bertz CT molecular complexity index is 468. The molecule has 0 spiro atoms. The average molecular weight is 277 g/mol. The second-order valence-electron chi connectivity index (χ2n) is 5.34. The van der Waals surface area contributed by atoms with Crippen LogP contribution >= 0.6 is 0 Å². The van der Waals surface area contributed by atoms with E-state index in [2.05, 4.69) is 16.8 Å². The zero-order valence-electron chi connectivity index (χ0n) is 12.3. The van der Waals surface area contributed by atoms with E-state index in [1.807, 2.05) is 0 Å². The van der Waals surface area contributed by atoms with Crippen molar-refractivity contribution < 1.29 is 9.53 Å².